The molecule has 0 spiro atoms. The van der Waals surface area contributed by atoms with Crippen LogP contribution in [0.25, 0.3) is 10.9 Å². The molecule has 0 amide bonds. The topological polar surface area (TPSA) is 4.93 Å². The molecule has 0 saturated heterocycles. The summed E-state index contributed by atoms with van der Waals surface area (Å²) in [4.78, 5) is 0. The van der Waals surface area contributed by atoms with E-state index in [4.69, 9.17) is 0 Å². The highest BCUT2D eigenvalue weighted by atomic mass is 14.9. The Kier molecular flexibility index (Phi) is 3.60. The van der Waals surface area contributed by atoms with Crippen LogP contribution in [0.15, 0.2) is 60.8 Å². The molecule has 0 aliphatic heterocycles. The van der Waals surface area contributed by atoms with Crippen molar-refractivity contribution in [3.63, 3.8) is 0 Å². The van der Waals surface area contributed by atoms with Gasteiger partial charge >= 0.3 is 0 Å². The molecule has 1 nitrogen and oxygen atoms in total. The summed E-state index contributed by atoms with van der Waals surface area (Å²) in [5, 5.41) is 1.34. The monoisotopic (exact) mass is 263 g/mol. The number of hydrogen-bond acceptors (Lipinski definition) is 0. The van der Waals surface area contributed by atoms with Gasteiger partial charge in [-0.25, -0.2) is 0 Å². The lowest BCUT2D eigenvalue weighted by Gasteiger charge is -2.17. The second kappa shape index (κ2) is 5.54. The zero-order valence-electron chi connectivity index (χ0n) is 12.2. The molecule has 1 heterocycles. The molecule has 20 heavy (non-hydrogen) atoms. The quantitative estimate of drug-likeness (QED) is 0.616. The van der Waals surface area contributed by atoms with E-state index in [2.05, 4.69) is 79.3 Å². The Balaban J connectivity index is 2.05. The summed E-state index contributed by atoms with van der Waals surface area (Å²) in [6.45, 7) is 2.26. The smallest absolute Gasteiger partial charge is 0.0477 e. The number of hydrogen-bond donors (Lipinski definition) is 0. The van der Waals surface area contributed by atoms with Crippen molar-refractivity contribution in [2.75, 3.05) is 0 Å². The van der Waals surface area contributed by atoms with Crippen LogP contribution in [0.5, 0.6) is 0 Å². The predicted octanol–water partition coefficient (Wildman–Crippen LogP) is 5.11. The van der Waals surface area contributed by atoms with Crippen LogP contribution in [0.2, 0.25) is 0 Å². The van der Waals surface area contributed by atoms with Crippen LogP contribution in [-0.4, -0.2) is 4.57 Å². The third kappa shape index (κ3) is 2.36. The second-order valence-electron chi connectivity index (χ2n) is 5.50. The highest BCUT2D eigenvalue weighted by Crippen LogP contribution is 2.31. The number of benzene rings is 2. The number of aryl methyl sites for hydroxylation is 1. The Hall–Kier alpha value is -2.02. The van der Waals surface area contributed by atoms with Crippen molar-refractivity contribution in [1.29, 1.82) is 0 Å². The summed E-state index contributed by atoms with van der Waals surface area (Å²) in [5.41, 5.74) is 4.15. The molecule has 1 unspecified atom stereocenters. The average molecular weight is 263 g/mol. The summed E-state index contributed by atoms with van der Waals surface area (Å²) < 4.78 is 2.18. The molecule has 0 bridgehead atoms. The van der Waals surface area contributed by atoms with Crippen LogP contribution in [0.1, 0.15) is 36.8 Å². The van der Waals surface area contributed by atoms with Crippen molar-refractivity contribution >= 4 is 10.9 Å². The van der Waals surface area contributed by atoms with Crippen molar-refractivity contribution in [2.24, 2.45) is 7.05 Å². The Morgan fingerprint density at radius 1 is 0.950 bits per heavy atom. The molecule has 1 heteroatoms. The molecule has 1 aromatic heterocycles. The standard InChI is InChI=1S/C19H21N/c1-3-7-18(15-8-5-4-6-9-15)16-10-11-19-17(14-16)12-13-20(19)2/h4-6,8-14,18H,3,7H2,1-2H3. The number of fused-ring (bicyclic) bond motifs is 1. The summed E-state index contributed by atoms with van der Waals surface area (Å²) in [6, 6.07) is 19.9. The van der Waals surface area contributed by atoms with Crippen molar-refractivity contribution in [3.05, 3.63) is 71.9 Å². The first-order valence-corrected chi connectivity index (χ1v) is 7.39. The largest absolute Gasteiger partial charge is 0.351 e. The Labute approximate surface area is 120 Å². The molecule has 3 rings (SSSR count). The van der Waals surface area contributed by atoms with Gasteiger partial charge < -0.3 is 4.57 Å². The third-order valence-electron chi connectivity index (χ3n) is 4.09. The molecular formula is C19H21N. The van der Waals surface area contributed by atoms with Crippen molar-refractivity contribution < 1.29 is 0 Å². The van der Waals surface area contributed by atoms with E-state index in [-0.39, 0.29) is 0 Å². The first-order valence-electron chi connectivity index (χ1n) is 7.39. The minimum atomic E-state index is 0.505. The van der Waals surface area contributed by atoms with Gasteiger partial charge in [-0.3, -0.25) is 0 Å². The number of rotatable bonds is 4. The van der Waals surface area contributed by atoms with Crippen LogP contribution >= 0.6 is 0 Å². The Bertz CT molecular complexity index is 694. The summed E-state index contributed by atoms with van der Waals surface area (Å²) in [5.74, 6) is 0.505. The highest BCUT2D eigenvalue weighted by Gasteiger charge is 2.13. The maximum atomic E-state index is 2.35. The molecule has 3 aromatic rings. The lowest BCUT2D eigenvalue weighted by Crippen LogP contribution is -2.00. The summed E-state index contributed by atoms with van der Waals surface area (Å²) >= 11 is 0. The zero-order valence-corrected chi connectivity index (χ0v) is 12.2. The van der Waals surface area contributed by atoms with Gasteiger partial charge in [0.25, 0.3) is 0 Å². The molecule has 102 valence electrons. The predicted molar refractivity (Wildman–Crippen MR) is 86.1 cm³/mol. The van der Waals surface area contributed by atoms with Crippen molar-refractivity contribution in [2.45, 2.75) is 25.7 Å². The van der Waals surface area contributed by atoms with Gasteiger partial charge in [0.05, 0.1) is 0 Å². The van der Waals surface area contributed by atoms with E-state index in [0.29, 0.717) is 5.92 Å². The fourth-order valence-corrected chi connectivity index (χ4v) is 3.02. The molecule has 0 aliphatic rings. The SMILES string of the molecule is CCCC(c1ccccc1)c1ccc2c(ccn2C)c1. The normalized spacial score (nSPS) is 12.7. The first kappa shape index (κ1) is 13.0. The molecule has 0 saturated carbocycles. The van der Waals surface area contributed by atoms with Gasteiger partial charge in [-0.1, -0.05) is 49.7 Å². The van der Waals surface area contributed by atoms with Crippen molar-refractivity contribution in [3.8, 4) is 0 Å². The van der Waals surface area contributed by atoms with Crippen LogP contribution in [0, 0.1) is 0 Å². The van der Waals surface area contributed by atoms with Gasteiger partial charge in [-0.05, 0) is 41.1 Å². The number of nitrogens with zero attached hydrogens (tertiary/aromatic N) is 1. The Morgan fingerprint density at radius 3 is 2.50 bits per heavy atom. The summed E-state index contributed by atoms with van der Waals surface area (Å²) in [6.07, 6.45) is 4.53. The van der Waals surface area contributed by atoms with Gasteiger partial charge in [-0.2, -0.15) is 0 Å². The van der Waals surface area contributed by atoms with E-state index in [1.54, 1.807) is 0 Å². The van der Waals surface area contributed by atoms with Gasteiger partial charge in [-0.15, -0.1) is 0 Å². The molecule has 0 fully saturated rings. The fraction of sp³-hybridized carbons (Fsp3) is 0.263. The van der Waals surface area contributed by atoms with Gasteiger partial charge in [0.15, 0.2) is 0 Å². The molecule has 0 N–H and O–H groups in total. The molecule has 0 radical (unpaired) electrons. The van der Waals surface area contributed by atoms with Crippen LogP contribution in [0.4, 0.5) is 0 Å². The fourth-order valence-electron chi connectivity index (χ4n) is 3.02. The third-order valence-corrected chi connectivity index (χ3v) is 4.09. The minimum Gasteiger partial charge on any atom is -0.351 e. The van der Waals surface area contributed by atoms with E-state index in [9.17, 15) is 0 Å². The summed E-state index contributed by atoms with van der Waals surface area (Å²) in [7, 11) is 2.10. The maximum Gasteiger partial charge on any atom is 0.0477 e. The van der Waals surface area contributed by atoms with Crippen LogP contribution in [0.3, 0.4) is 0 Å². The Morgan fingerprint density at radius 2 is 1.75 bits per heavy atom. The van der Waals surface area contributed by atoms with Gasteiger partial charge in [0, 0.05) is 24.7 Å². The average Bonchev–Trinajstić information content (AvgIpc) is 2.86. The lowest BCUT2D eigenvalue weighted by atomic mass is 9.87. The number of aromatic nitrogens is 1. The van der Waals surface area contributed by atoms with Crippen molar-refractivity contribution in [1.82, 2.24) is 4.57 Å². The highest BCUT2D eigenvalue weighted by molar-refractivity contribution is 5.81. The molecule has 2 aromatic carbocycles. The van der Waals surface area contributed by atoms with E-state index in [1.807, 2.05) is 0 Å². The van der Waals surface area contributed by atoms with Gasteiger partial charge in [0.2, 0.25) is 0 Å². The second-order valence-corrected chi connectivity index (χ2v) is 5.50. The molecular weight excluding hydrogens is 242 g/mol. The zero-order chi connectivity index (χ0) is 13.9. The lowest BCUT2D eigenvalue weighted by molar-refractivity contribution is 0.699. The molecule has 0 aliphatic carbocycles. The molecule has 1 atom stereocenters. The first-order chi connectivity index (χ1) is 9.79. The van der Waals surface area contributed by atoms with E-state index in [0.717, 1.165) is 0 Å². The van der Waals surface area contributed by atoms with E-state index in [1.165, 1.54) is 34.9 Å². The van der Waals surface area contributed by atoms with E-state index >= 15 is 0 Å². The van der Waals surface area contributed by atoms with Gasteiger partial charge in [0.1, 0.15) is 0 Å². The maximum absolute atomic E-state index is 2.35. The minimum absolute atomic E-state index is 0.505. The van der Waals surface area contributed by atoms with Crippen LogP contribution < -0.4 is 0 Å². The van der Waals surface area contributed by atoms with E-state index < -0.39 is 0 Å². The van der Waals surface area contributed by atoms with Crippen LogP contribution in [-0.2, 0) is 7.05 Å².